The largest absolute Gasteiger partial charge is 0.326 e. The van der Waals surface area contributed by atoms with Gasteiger partial charge in [0.1, 0.15) is 0 Å². The summed E-state index contributed by atoms with van der Waals surface area (Å²) in [5, 5.41) is 0.572. The summed E-state index contributed by atoms with van der Waals surface area (Å²) in [4.78, 5) is 0.308. The molecule has 1 saturated carbocycles. The van der Waals surface area contributed by atoms with Crippen LogP contribution in [0.3, 0.4) is 0 Å². The molecule has 0 spiro atoms. The predicted molar refractivity (Wildman–Crippen MR) is 79.6 cm³/mol. The summed E-state index contributed by atoms with van der Waals surface area (Å²) in [7, 11) is -3.42. The molecular weight excluding hydrogens is 280 g/mol. The Kier molecular flexibility index (Phi) is 4.89. The van der Waals surface area contributed by atoms with Gasteiger partial charge in [-0.2, -0.15) is 11.8 Å². The molecule has 0 bridgehead atoms. The second kappa shape index (κ2) is 6.26. The molecule has 0 saturated heterocycles. The minimum Gasteiger partial charge on any atom is -0.326 e. The highest BCUT2D eigenvalue weighted by Gasteiger charge is 2.28. The van der Waals surface area contributed by atoms with Crippen molar-refractivity contribution in [2.45, 2.75) is 42.0 Å². The van der Waals surface area contributed by atoms with Crippen molar-refractivity contribution in [1.82, 2.24) is 4.72 Å². The molecule has 6 heteroatoms. The zero-order chi connectivity index (χ0) is 13.9. The molecular formula is C13H20N2O2S2. The van der Waals surface area contributed by atoms with E-state index in [2.05, 4.69) is 11.0 Å². The van der Waals surface area contributed by atoms with Gasteiger partial charge in [0.25, 0.3) is 0 Å². The molecule has 0 heterocycles. The number of sulfonamides is 1. The van der Waals surface area contributed by atoms with Crippen LogP contribution in [0.15, 0.2) is 29.2 Å². The monoisotopic (exact) mass is 300 g/mol. The van der Waals surface area contributed by atoms with Crippen LogP contribution in [0.1, 0.15) is 24.8 Å². The number of benzene rings is 1. The lowest BCUT2D eigenvalue weighted by atomic mass is 10.2. The molecule has 3 N–H and O–H groups in total. The van der Waals surface area contributed by atoms with E-state index in [9.17, 15) is 8.42 Å². The molecule has 2 rings (SSSR count). The maximum Gasteiger partial charge on any atom is 0.240 e. The maximum absolute atomic E-state index is 12.3. The van der Waals surface area contributed by atoms with Gasteiger partial charge < -0.3 is 5.73 Å². The molecule has 2 atom stereocenters. The third-order valence-corrected chi connectivity index (χ3v) is 6.10. The zero-order valence-electron chi connectivity index (χ0n) is 11.0. The van der Waals surface area contributed by atoms with E-state index in [0.717, 1.165) is 24.8 Å². The van der Waals surface area contributed by atoms with Crippen molar-refractivity contribution < 1.29 is 8.42 Å². The highest BCUT2D eigenvalue weighted by Crippen LogP contribution is 2.29. The average Bonchev–Trinajstić information content (AvgIpc) is 2.85. The lowest BCUT2D eigenvalue weighted by Crippen LogP contribution is -2.33. The van der Waals surface area contributed by atoms with Crippen molar-refractivity contribution in [3.63, 3.8) is 0 Å². The maximum atomic E-state index is 12.3. The van der Waals surface area contributed by atoms with Gasteiger partial charge in [-0.3, -0.25) is 0 Å². The number of nitrogens with two attached hydrogens (primary N) is 1. The van der Waals surface area contributed by atoms with Crippen LogP contribution < -0.4 is 10.5 Å². The fourth-order valence-electron chi connectivity index (χ4n) is 2.39. The van der Waals surface area contributed by atoms with E-state index < -0.39 is 10.0 Å². The quantitative estimate of drug-likeness (QED) is 0.868. The van der Waals surface area contributed by atoms with Crippen LogP contribution in [-0.4, -0.2) is 26.0 Å². The molecule has 1 aromatic rings. The van der Waals surface area contributed by atoms with E-state index in [1.807, 2.05) is 17.8 Å². The number of rotatable bonds is 5. The predicted octanol–water partition coefficient (Wildman–Crippen LogP) is 1.71. The van der Waals surface area contributed by atoms with E-state index in [0.29, 0.717) is 16.7 Å². The van der Waals surface area contributed by atoms with Gasteiger partial charge >= 0.3 is 0 Å². The minimum atomic E-state index is -3.42. The first-order valence-corrected chi connectivity index (χ1v) is 9.16. The standard InChI is InChI=1S/C13H20N2O2S2/c1-18-12-6-5-11(8-12)15-19(16,17)13-4-2-3-10(7-13)9-14/h2-4,7,11-12,15H,5-6,8-9,14H2,1H3. The molecule has 0 radical (unpaired) electrons. The van der Waals surface area contributed by atoms with Gasteiger partial charge in [0.05, 0.1) is 4.90 Å². The third kappa shape index (κ3) is 3.72. The number of nitrogens with one attached hydrogen (secondary N) is 1. The lowest BCUT2D eigenvalue weighted by Gasteiger charge is -2.13. The molecule has 1 aromatic carbocycles. The number of hydrogen-bond acceptors (Lipinski definition) is 4. The summed E-state index contributed by atoms with van der Waals surface area (Å²) < 4.78 is 27.4. The van der Waals surface area contributed by atoms with Crippen LogP contribution in [0.4, 0.5) is 0 Å². The van der Waals surface area contributed by atoms with Crippen molar-refractivity contribution in [2.24, 2.45) is 5.73 Å². The SMILES string of the molecule is CSC1CCC(NS(=O)(=O)c2cccc(CN)c2)C1. The Morgan fingerprint density at radius 3 is 2.84 bits per heavy atom. The summed E-state index contributed by atoms with van der Waals surface area (Å²) in [5.74, 6) is 0. The van der Waals surface area contributed by atoms with E-state index in [1.165, 1.54) is 0 Å². The van der Waals surface area contributed by atoms with Gasteiger partial charge in [0.2, 0.25) is 10.0 Å². The molecule has 0 aliphatic heterocycles. The van der Waals surface area contributed by atoms with Crippen LogP contribution in [0, 0.1) is 0 Å². The molecule has 0 aromatic heterocycles. The summed E-state index contributed by atoms with van der Waals surface area (Å²) in [5.41, 5.74) is 6.37. The second-order valence-corrected chi connectivity index (χ2v) is 7.69. The molecule has 1 fully saturated rings. The van der Waals surface area contributed by atoms with Gasteiger partial charge in [0.15, 0.2) is 0 Å². The summed E-state index contributed by atoms with van der Waals surface area (Å²) in [6.07, 6.45) is 4.99. The van der Waals surface area contributed by atoms with Crippen molar-refractivity contribution in [2.75, 3.05) is 6.26 Å². The molecule has 1 aliphatic carbocycles. The van der Waals surface area contributed by atoms with Crippen LogP contribution in [0.25, 0.3) is 0 Å². The fraction of sp³-hybridized carbons (Fsp3) is 0.538. The number of hydrogen-bond donors (Lipinski definition) is 2. The van der Waals surface area contributed by atoms with E-state index in [-0.39, 0.29) is 6.04 Å². The molecule has 2 unspecified atom stereocenters. The summed E-state index contributed by atoms with van der Waals surface area (Å²) in [6.45, 7) is 0.349. The number of thioether (sulfide) groups is 1. The van der Waals surface area contributed by atoms with Crippen molar-refractivity contribution in [3.8, 4) is 0 Å². The fourth-order valence-corrected chi connectivity index (χ4v) is 4.54. The van der Waals surface area contributed by atoms with Gasteiger partial charge in [-0.05, 0) is 43.2 Å². The topological polar surface area (TPSA) is 72.2 Å². The Morgan fingerprint density at radius 1 is 1.42 bits per heavy atom. The summed E-state index contributed by atoms with van der Waals surface area (Å²) >= 11 is 1.81. The molecule has 4 nitrogen and oxygen atoms in total. The Labute approximate surface area is 119 Å². The van der Waals surface area contributed by atoms with Gasteiger partial charge in [-0.1, -0.05) is 12.1 Å². The Bertz CT molecular complexity index is 531. The van der Waals surface area contributed by atoms with Gasteiger partial charge in [-0.25, -0.2) is 13.1 Å². The first-order chi connectivity index (χ1) is 9.05. The Morgan fingerprint density at radius 2 is 2.21 bits per heavy atom. The molecule has 19 heavy (non-hydrogen) atoms. The lowest BCUT2D eigenvalue weighted by molar-refractivity contribution is 0.552. The van der Waals surface area contributed by atoms with Crippen molar-refractivity contribution in [3.05, 3.63) is 29.8 Å². The highest BCUT2D eigenvalue weighted by atomic mass is 32.2. The Hall–Kier alpha value is -0.560. The molecule has 0 amide bonds. The van der Waals surface area contributed by atoms with Gasteiger partial charge in [0, 0.05) is 17.8 Å². The third-order valence-electron chi connectivity index (χ3n) is 3.48. The van der Waals surface area contributed by atoms with Gasteiger partial charge in [-0.15, -0.1) is 0 Å². The first-order valence-electron chi connectivity index (χ1n) is 6.39. The van der Waals surface area contributed by atoms with Crippen LogP contribution in [-0.2, 0) is 16.6 Å². The first kappa shape index (κ1) is 14.8. The minimum absolute atomic E-state index is 0.0592. The highest BCUT2D eigenvalue weighted by molar-refractivity contribution is 7.99. The smallest absolute Gasteiger partial charge is 0.240 e. The average molecular weight is 300 g/mol. The van der Waals surface area contributed by atoms with E-state index >= 15 is 0 Å². The molecule has 106 valence electrons. The van der Waals surface area contributed by atoms with E-state index in [4.69, 9.17) is 5.73 Å². The van der Waals surface area contributed by atoms with Crippen LogP contribution >= 0.6 is 11.8 Å². The van der Waals surface area contributed by atoms with E-state index in [1.54, 1.807) is 18.2 Å². The normalized spacial score (nSPS) is 23.7. The zero-order valence-corrected chi connectivity index (χ0v) is 12.6. The molecule has 1 aliphatic rings. The second-order valence-electron chi connectivity index (χ2n) is 4.84. The van der Waals surface area contributed by atoms with Crippen LogP contribution in [0.2, 0.25) is 0 Å². The summed E-state index contributed by atoms with van der Waals surface area (Å²) in [6, 6.07) is 6.88. The van der Waals surface area contributed by atoms with Crippen molar-refractivity contribution in [1.29, 1.82) is 0 Å². The van der Waals surface area contributed by atoms with Crippen LogP contribution in [0.5, 0.6) is 0 Å². The van der Waals surface area contributed by atoms with Crippen molar-refractivity contribution >= 4 is 21.8 Å². The Balaban J connectivity index is 2.10.